The number of benzene rings is 1. The molecule has 0 unspecified atom stereocenters. The summed E-state index contributed by atoms with van der Waals surface area (Å²) >= 11 is -1.43. The quantitative estimate of drug-likeness (QED) is 0.822. The molecule has 0 aromatic heterocycles. The zero-order valence-electron chi connectivity index (χ0n) is 11.5. The van der Waals surface area contributed by atoms with Crippen molar-refractivity contribution in [2.24, 2.45) is 0 Å². The Labute approximate surface area is 119 Å². The number of nitrogens with one attached hydrogen (secondary N) is 1. The average molecular weight is 309 g/mol. The maximum Gasteiger partial charge on any atom is 0.298 e. The van der Waals surface area contributed by atoms with Crippen LogP contribution in [0, 0.1) is 5.82 Å². The Balaban J connectivity index is 2.91. The van der Waals surface area contributed by atoms with Crippen molar-refractivity contribution in [2.45, 2.75) is 38.0 Å². The van der Waals surface area contributed by atoms with E-state index >= 15 is 0 Å². The van der Waals surface area contributed by atoms with Crippen LogP contribution in [0.2, 0.25) is 0 Å². The molecule has 0 aliphatic heterocycles. The van der Waals surface area contributed by atoms with Crippen LogP contribution in [0.25, 0.3) is 0 Å². The minimum absolute atomic E-state index is 0.0202. The van der Waals surface area contributed by atoms with Crippen molar-refractivity contribution in [1.82, 2.24) is 4.72 Å². The molecular formula is C13H18F3NO2S. The topological polar surface area (TPSA) is 55.3 Å². The lowest BCUT2D eigenvalue weighted by Crippen LogP contribution is -2.39. The Morgan fingerprint density at radius 3 is 2.40 bits per heavy atom. The van der Waals surface area contributed by atoms with E-state index in [-0.39, 0.29) is 12.1 Å². The van der Waals surface area contributed by atoms with Gasteiger partial charge in [0.05, 0.1) is 12.1 Å². The van der Waals surface area contributed by atoms with E-state index in [9.17, 15) is 17.7 Å². The summed E-state index contributed by atoms with van der Waals surface area (Å²) in [5, 5.41) is 8.61. The Hall–Kier alpha value is -0.760. The van der Waals surface area contributed by atoms with Crippen LogP contribution in [0.1, 0.15) is 31.9 Å². The van der Waals surface area contributed by atoms with E-state index in [1.165, 1.54) is 12.1 Å². The normalized spacial score (nSPS) is 14.4. The molecule has 0 saturated carbocycles. The van der Waals surface area contributed by atoms with Gasteiger partial charge in [-0.2, -0.15) is 8.78 Å². The van der Waals surface area contributed by atoms with Gasteiger partial charge in [0.25, 0.3) is 5.92 Å². The van der Waals surface area contributed by atoms with E-state index < -0.39 is 40.0 Å². The maximum absolute atomic E-state index is 14.0. The summed E-state index contributed by atoms with van der Waals surface area (Å²) in [5.74, 6) is -4.73. The molecule has 7 heteroatoms. The summed E-state index contributed by atoms with van der Waals surface area (Å²) in [7, 11) is 0. The molecule has 0 fully saturated rings. The van der Waals surface area contributed by atoms with Crippen molar-refractivity contribution in [1.29, 1.82) is 0 Å². The van der Waals surface area contributed by atoms with Gasteiger partial charge in [-0.15, -0.1) is 4.72 Å². The monoisotopic (exact) mass is 309 g/mol. The van der Waals surface area contributed by atoms with Crippen LogP contribution in [0.15, 0.2) is 18.2 Å². The highest BCUT2D eigenvalue weighted by Gasteiger charge is 2.34. The highest BCUT2D eigenvalue weighted by molar-refractivity contribution is 7.90. The molecule has 0 heterocycles. The van der Waals surface area contributed by atoms with Crippen molar-refractivity contribution < 1.29 is 22.8 Å². The zero-order valence-corrected chi connectivity index (χ0v) is 12.4. The second kappa shape index (κ2) is 6.34. The molecule has 1 aromatic carbocycles. The summed E-state index contributed by atoms with van der Waals surface area (Å²) in [6, 6.07) is 3.54. The summed E-state index contributed by atoms with van der Waals surface area (Å²) < 4.78 is 54.5. The summed E-state index contributed by atoms with van der Waals surface area (Å²) in [6.45, 7) is 3.62. The van der Waals surface area contributed by atoms with Gasteiger partial charge >= 0.3 is 0 Å². The molecule has 0 aliphatic rings. The van der Waals surface area contributed by atoms with E-state index in [0.717, 1.165) is 6.07 Å². The van der Waals surface area contributed by atoms with Crippen molar-refractivity contribution >= 4 is 11.4 Å². The van der Waals surface area contributed by atoms with Gasteiger partial charge in [-0.05, 0) is 26.8 Å². The summed E-state index contributed by atoms with van der Waals surface area (Å²) in [6.07, 6.45) is 0. The molecule has 0 saturated heterocycles. The lowest BCUT2D eigenvalue weighted by atomic mass is 10.0. The molecule has 0 amide bonds. The van der Waals surface area contributed by atoms with Crippen LogP contribution in [-0.2, 0) is 23.8 Å². The van der Waals surface area contributed by atoms with E-state index in [4.69, 9.17) is 5.11 Å². The first-order valence-corrected chi connectivity index (χ1v) is 7.16. The number of hydrogen-bond acceptors (Lipinski definition) is 3. The largest absolute Gasteiger partial charge is 0.598 e. The second-order valence-electron chi connectivity index (χ2n) is 5.34. The number of alkyl halides is 2. The first-order chi connectivity index (χ1) is 9.09. The first kappa shape index (κ1) is 17.3. The van der Waals surface area contributed by atoms with Crippen LogP contribution in [-0.4, -0.2) is 21.0 Å². The molecule has 3 nitrogen and oxygen atoms in total. The van der Waals surface area contributed by atoms with Gasteiger partial charge in [-0.25, -0.2) is 4.39 Å². The van der Waals surface area contributed by atoms with Gasteiger partial charge in [0, 0.05) is 16.9 Å². The van der Waals surface area contributed by atoms with Gasteiger partial charge in [-0.1, -0.05) is 12.1 Å². The maximum atomic E-state index is 14.0. The smallest absolute Gasteiger partial charge is 0.298 e. The van der Waals surface area contributed by atoms with Crippen molar-refractivity contribution in [3.63, 3.8) is 0 Å². The van der Waals surface area contributed by atoms with Gasteiger partial charge in [0.1, 0.15) is 17.2 Å². The van der Waals surface area contributed by atoms with Crippen LogP contribution in [0.4, 0.5) is 13.2 Å². The van der Waals surface area contributed by atoms with E-state index in [1.54, 1.807) is 20.8 Å². The molecule has 0 radical (unpaired) electrons. The molecule has 2 N–H and O–H groups in total. The van der Waals surface area contributed by atoms with Gasteiger partial charge < -0.3 is 9.66 Å². The first-order valence-electron chi connectivity index (χ1n) is 6.01. The van der Waals surface area contributed by atoms with Crippen molar-refractivity contribution in [2.75, 3.05) is 6.61 Å². The Morgan fingerprint density at radius 2 is 1.90 bits per heavy atom. The third-order valence-electron chi connectivity index (χ3n) is 2.62. The Morgan fingerprint density at radius 1 is 1.30 bits per heavy atom. The number of hydrogen-bond donors (Lipinski definition) is 2. The number of rotatable bonds is 5. The fraction of sp³-hybridized carbons (Fsp3) is 0.538. The van der Waals surface area contributed by atoms with E-state index in [1.807, 2.05) is 0 Å². The average Bonchev–Trinajstić information content (AvgIpc) is 2.35. The molecule has 20 heavy (non-hydrogen) atoms. The fourth-order valence-corrected chi connectivity index (χ4v) is 2.16. The molecule has 1 rings (SSSR count). The molecule has 0 aliphatic carbocycles. The Kier molecular flexibility index (Phi) is 5.48. The molecule has 1 atom stereocenters. The lowest BCUT2D eigenvalue weighted by Gasteiger charge is -2.24. The highest BCUT2D eigenvalue weighted by atomic mass is 32.2. The SMILES string of the molecule is CC(C)(C)[S@@+]([O-])NCc1cccc(C(F)(F)CO)c1F. The minimum atomic E-state index is -3.64. The predicted molar refractivity (Wildman–Crippen MR) is 72.1 cm³/mol. The van der Waals surface area contributed by atoms with Gasteiger partial charge in [0.15, 0.2) is 0 Å². The molecular weight excluding hydrogens is 291 g/mol. The summed E-state index contributed by atoms with van der Waals surface area (Å²) in [5.41, 5.74) is -0.880. The lowest BCUT2D eigenvalue weighted by molar-refractivity contribution is -0.0583. The minimum Gasteiger partial charge on any atom is -0.598 e. The van der Waals surface area contributed by atoms with E-state index in [2.05, 4.69) is 4.72 Å². The highest BCUT2D eigenvalue weighted by Crippen LogP contribution is 2.30. The fourth-order valence-electron chi connectivity index (χ4n) is 1.44. The van der Waals surface area contributed by atoms with Crippen LogP contribution >= 0.6 is 0 Å². The predicted octanol–water partition coefficient (Wildman–Crippen LogP) is 2.46. The van der Waals surface area contributed by atoms with Crippen LogP contribution < -0.4 is 4.72 Å². The van der Waals surface area contributed by atoms with Crippen LogP contribution in [0.3, 0.4) is 0 Å². The standard InChI is InChI=1S/C13H18F3NO2S/c1-12(2,3)20(19)17-7-9-5-4-6-10(11(9)14)13(15,16)8-18/h4-6,17-18H,7-8H2,1-3H3/t20-/m1/s1. The summed E-state index contributed by atoms with van der Waals surface area (Å²) in [4.78, 5) is 0. The van der Waals surface area contributed by atoms with E-state index in [0.29, 0.717) is 0 Å². The molecule has 0 bridgehead atoms. The Bertz CT molecular complexity index is 463. The third-order valence-corrected chi connectivity index (χ3v) is 4.14. The number of aliphatic hydroxyl groups excluding tert-OH is 1. The second-order valence-corrected chi connectivity index (χ2v) is 7.39. The van der Waals surface area contributed by atoms with Gasteiger partial charge in [0.2, 0.25) is 0 Å². The van der Waals surface area contributed by atoms with Crippen molar-refractivity contribution in [3.8, 4) is 0 Å². The number of halogens is 3. The third kappa shape index (κ3) is 4.12. The van der Waals surface area contributed by atoms with Crippen molar-refractivity contribution in [3.05, 3.63) is 35.1 Å². The molecule has 114 valence electrons. The zero-order chi connectivity index (χ0) is 15.6. The molecule has 1 aromatic rings. The number of aliphatic hydroxyl groups is 1. The van der Waals surface area contributed by atoms with Crippen LogP contribution in [0.5, 0.6) is 0 Å². The van der Waals surface area contributed by atoms with Gasteiger partial charge in [-0.3, -0.25) is 0 Å². The molecule has 0 spiro atoms.